The van der Waals surface area contributed by atoms with Crippen molar-refractivity contribution < 1.29 is 0 Å². The lowest BCUT2D eigenvalue weighted by Crippen LogP contribution is -2.13. The highest BCUT2D eigenvalue weighted by Crippen LogP contribution is 2.28. The lowest BCUT2D eigenvalue weighted by Gasteiger charge is -2.21. The fourth-order valence-corrected chi connectivity index (χ4v) is 2.08. The third kappa shape index (κ3) is 7.02. The van der Waals surface area contributed by atoms with Crippen molar-refractivity contribution in [2.75, 3.05) is 5.75 Å². The van der Waals surface area contributed by atoms with E-state index in [-0.39, 0.29) is 0 Å². The Morgan fingerprint density at radius 1 is 1.00 bits per heavy atom. The molecule has 0 aliphatic heterocycles. The predicted octanol–water partition coefficient (Wildman–Crippen LogP) is 4.49. The van der Waals surface area contributed by atoms with Gasteiger partial charge in [0, 0.05) is 4.75 Å². The number of hydrogen-bond acceptors (Lipinski definition) is 1. The Balaban J connectivity index is 3.19. The van der Waals surface area contributed by atoms with Gasteiger partial charge < -0.3 is 0 Å². The van der Waals surface area contributed by atoms with Crippen molar-refractivity contribution in [2.24, 2.45) is 0 Å². The van der Waals surface area contributed by atoms with E-state index in [1.54, 1.807) is 0 Å². The Morgan fingerprint density at radius 3 is 2.17 bits per heavy atom. The van der Waals surface area contributed by atoms with Gasteiger partial charge in [-0.2, -0.15) is 11.8 Å². The van der Waals surface area contributed by atoms with Crippen LogP contribution in [0.4, 0.5) is 0 Å². The Bertz CT molecular complexity index is 97.2. The number of rotatable bonds is 7. The van der Waals surface area contributed by atoms with Crippen molar-refractivity contribution in [3.05, 3.63) is 0 Å². The molecule has 0 atom stereocenters. The highest BCUT2D eigenvalue weighted by atomic mass is 32.2. The van der Waals surface area contributed by atoms with E-state index in [9.17, 15) is 0 Å². The van der Waals surface area contributed by atoms with E-state index in [0.29, 0.717) is 4.75 Å². The van der Waals surface area contributed by atoms with Crippen molar-refractivity contribution in [1.29, 1.82) is 0 Å². The van der Waals surface area contributed by atoms with Crippen LogP contribution in [-0.4, -0.2) is 10.5 Å². The second-order valence-corrected chi connectivity index (χ2v) is 5.82. The standard InChI is InChI=1S/C11H24S/c1-5-7-8-9-10-12-11(3,4)6-2/h5-10H2,1-4H3. The van der Waals surface area contributed by atoms with Gasteiger partial charge in [-0.3, -0.25) is 0 Å². The quantitative estimate of drug-likeness (QED) is 0.530. The van der Waals surface area contributed by atoms with Crippen molar-refractivity contribution in [3.8, 4) is 0 Å². The molecule has 0 amide bonds. The van der Waals surface area contributed by atoms with E-state index in [1.165, 1.54) is 37.9 Å². The summed E-state index contributed by atoms with van der Waals surface area (Å²) in [5, 5.41) is 0. The first-order valence-corrected chi connectivity index (χ1v) is 6.25. The van der Waals surface area contributed by atoms with E-state index in [0.717, 1.165) is 0 Å². The summed E-state index contributed by atoms with van der Waals surface area (Å²) in [6.07, 6.45) is 6.87. The fraction of sp³-hybridized carbons (Fsp3) is 1.00. The molecule has 0 aliphatic rings. The molecule has 0 unspecified atom stereocenters. The van der Waals surface area contributed by atoms with Gasteiger partial charge in [-0.15, -0.1) is 0 Å². The van der Waals surface area contributed by atoms with Crippen molar-refractivity contribution in [1.82, 2.24) is 0 Å². The van der Waals surface area contributed by atoms with Crippen molar-refractivity contribution in [3.63, 3.8) is 0 Å². The topological polar surface area (TPSA) is 0 Å². The maximum atomic E-state index is 2.34. The fourth-order valence-electron chi connectivity index (χ4n) is 0.979. The molecule has 0 bridgehead atoms. The third-order valence-corrected chi connectivity index (χ3v) is 3.91. The summed E-state index contributed by atoms with van der Waals surface area (Å²) in [5.74, 6) is 1.35. The van der Waals surface area contributed by atoms with Crippen LogP contribution >= 0.6 is 11.8 Å². The SMILES string of the molecule is CCCCCCSC(C)(C)CC. The van der Waals surface area contributed by atoms with E-state index in [1.807, 2.05) is 0 Å². The molecule has 74 valence electrons. The zero-order chi connectivity index (χ0) is 9.45. The average molecular weight is 188 g/mol. The van der Waals surface area contributed by atoms with Crippen LogP contribution in [0.15, 0.2) is 0 Å². The van der Waals surface area contributed by atoms with Crippen LogP contribution in [0.25, 0.3) is 0 Å². The number of unbranched alkanes of at least 4 members (excludes halogenated alkanes) is 3. The normalized spacial score (nSPS) is 12.0. The average Bonchev–Trinajstić information content (AvgIpc) is 2.04. The van der Waals surface area contributed by atoms with Crippen LogP contribution in [0.3, 0.4) is 0 Å². The molecule has 0 radical (unpaired) electrons. The first-order chi connectivity index (χ1) is 5.62. The second-order valence-electron chi connectivity index (χ2n) is 4.02. The van der Waals surface area contributed by atoms with Crippen LogP contribution < -0.4 is 0 Å². The number of hydrogen-bond donors (Lipinski definition) is 0. The summed E-state index contributed by atoms with van der Waals surface area (Å²) in [7, 11) is 0. The highest BCUT2D eigenvalue weighted by Gasteiger charge is 2.13. The van der Waals surface area contributed by atoms with Crippen LogP contribution in [-0.2, 0) is 0 Å². The minimum Gasteiger partial charge on any atom is -0.156 e. The molecule has 0 saturated heterocycles. The smallest absolute Gasteiger partial charge is 0.0101 e. The maximum absolute atomic E-state index is 2.34. The molecule has 0 spiro atoms. The van der Waals surface area contributed by atoms with E-state index in [4.69, 9.17) is 0 Å². The molecular formula is C11H24S. The van der Waals surface area contributed by atoms with Crippen molar-refractivity contribution >= 4 is 11.8 Å². The van der Waals surface area contributed by atoms with E-state index >= 15 is 0 Å². The van der Waals surface area contributed by atoms with Gasteiger partial charge in [-0.1, -0.05) is 47.0 Å². The molecule has 0 N–H and O–H groups in total. The van der Waals surface area contributed by atoms with Crippen LogP contribution in [0.2, 0.25) is 0 Å². The van der Waals surface area contributed by atoms with Crippen LogP contribution in [0.1, 0.15) is 59.8 Å². The van der Waals surface area contributed by atoms with Crippen LogP contribution in [0, 0.1) is 0 Å². The molecule has 1 heteroatoms. The first-order valence-electron chi connectivity index (χ1n) is 5.26. The summed E-state index contributed by atoms with van der Waals surface area (Å²) in [6.45, 7) is 9.23. The molecule has 0 fully saturated rings. The maximum Gasteiger partial charge on any atom is 0.0101 e. The van der Waals surface area contributed by atoms with Gasteiger partial charge in [0.05, 0.1) is 0 Å². The minimum absolute atomic E-state index is 0.506. The van der Waals surface area contributed by atoms with Crippen molar-refractivity contribution in [2.45, 2.75) is 64.5 Å². The van der Waals surface area contributed by atoms with Crippen LogP contribution in [0.5, 0.6) is 0 Å². The van der Waals surface area contributed by atoms with Gasteiger partial charge in [0.2, 0.25) is 0 Å². The van der Waals surface area contributed by atoms with Gasteiger partial charge in [0.1, 0.15) is 0 Å². The lowest BCUT2D eigenvalue weighted by atomic mass is 10.1. The Labute approximate surface area is 82.5 Å². The monoisotopic (exact) mass is 188 g/mol. The highest BCUT2D eigenvalue weighted by molar-refractivity contribution is 8.00. The van der Waals surface area contributed by atoms with Gasteiger partial charge in [-0.05, 0) is 18.6 Å². The van der Waals surface area contributed by atoms with E-state index < -0.39 is 0 Å². The molecule has 0 aliphatic carbocycles. The third-order valence-electron chi connectivity index (χ3n) is 2.34. The summed E-state index contributed by atoms with van der Waals surface area (Å²) in [6, 6.07) is 0. The zero-order valence-corrected chi connectivity index (χ0v) is 9.97. The zero-order valence-electron chi connectivity index (χ0n) is 9.15. The summed E-state index contributed by atoms with van der Waals surface area (Å²) in [4.78, 5) is 0. The largest absolute Gasteiger partial charge is 0.156 e. The second kappa shape index (κ2) is 6.82. The minimum atomic E-state index is 0.506. The molecule has 0 rings (SSSR count). The molecular weight excluding hydrogens is 164 g/mol. The first kappa shape index (κ1) is 12.3. The molecule has 0 aromatic carbocycles. The summed E-state index contributed by atoms with van der Waals surface area (Å²) >= 11 is 2.13. The molecule has 0 nitrogen and oxygen atoms in total. The molecule has 0 heterocycles. The van der Waals surface area contributed by atoms with E-state index in [2.05, 4.69) is 39.5 Å². The Hall–Kier alpha value is 0.350. The van der Waals surface area contributed by atoms with Gasteiger partial charge in [-0.25, -0.2) is 0 Å². The Kier molecular flexibility index (Phi) is 7.02. The van der Waals surface area contributed by atoms with Gasteiger partial charge in [0.25, 0.3) is 0 Å². The molecule has 0 aromatic heterocycles. The molecule has 0 aromatic rings. The van der Waals surface area contributed by atoms with Gasteiger partial charge >= 0.3 is 0 Å². The van der Waals surface area contributed by atoms with Gasteiger partial charge in [0.15, 0.2) is 0 Å². The number of thioether (sulfide) groups is 1. The predicted molar refractivity (Wildman–Crippen MR) is 61.0 cm³/mol. The summed E-state index contributed by atoms with van der Waals surface area (Å²) < 4.78 is 0.506. The summed E-state index contributed by atoms with van der Waals surface area (Å²) in [5.41, 5.74) is 0. The molecule has 12 heavy (non-hydrogen) atoms. The Morgan fingerprint density at radius 2 is 1.67 bits per heavy atom. The lowest BCUT2D eigenvalue weighted by molar-refractivity contribution is 0.674. The molecule has 0 saturated carbocycles.